The van der Waals surface area contributed by atoms with Gasteiger partial charge in [0.2, 0.25) is 11.3 Å². The Labute approximate surface area is 271 Å². The second-order valence-electron chi connectivity index (χ2n) is 10.9. The van der Waals surface area contributed by atoms with Gasteiger partial charge in [-0.15, -0.1) is 0 Å². The van der Waals surface area contributed by atoms with Gasteiger partial charge in [0.1, 0.15) is 23.9 Å². The van der Waals surface area contributed by atoms with Crippen LogP contribution in [0.2, 0.25) is 5.02 Å². The number of carbonyl (C=O) groups is 2. The molecule has 244 valence electrons. The molecule has 4 heterocycles. The lowest BCUT2D eigenvalue weighted by molar-refractivity contribution is -0.137. The molecule has 0 aliphatic carbocycles. The third-order valence-corrected chi connectivity index (χ3v) is 8.13. The summed E-state index contributed by atoms with van der Waals surface area (Å²) in [6, 6.07) is 4.48. The minimum Gasteiger partial charge on any atom is -0.505 e. The van der Waals surface area contributed by atoms with Crippen LogP contribution >= 0.6 is 11.6 Å². The highest BCUT2D eigenvalue weighted by atomic mass is 35.5. The number of nitrogens with zero attached hydrogens (tertiary/aromatic N) is 7. The van der Waals surface area contributed by atoms with Gasteiger partial charge in [0, 0.05) is 38.1 Å². The van der Waals surface area contributed by atoms with Crippen molar-refractivity contribution in [2.75, 3.05) is 36.4 Å². The smallest absolute Gasteiger partial charge is 0.416 e. The number of alkyl halides is 3. The lowest BCUT2D eigenvalue weighted by Gasteiger charge is -2.37. The standard InChI is InChI=1S/C31H28ClF3N8O4/c1-4-22-26(41-7-9-42(10-8-41)30(47)24-18(12-36)14-37-17(3)27(24)45)28(46)25-29(38-13-16(2)39-25)43(22)15-23(44)40-21-6-5-19(11-20(21)32)31(33,34)35/h5-6,11,13-14,45H,4,7-10,15H2,1-3H3,(H,40,44). The van der Waals surface area contributed by atoms with Gasteiger partial charge in [-0.05, 0) is 38.5 Å². The Hall–Kier alpha value is -5.23. The molecule has 1 aromatic carbocycles. The quantitative estimate of drug-likeness (QED) is 0.307. The number of nitrogens with one attached hydrogen (secondary N) is 1. The summed E-state index contributed by atoms with van der Waals surface area (Å²) in [5.41, 5.74) is -0.0218. The number of aromatic nitrogens is 4. The fourth-order valence-electron chi connectivity index (χ4n) is 5.49. The maximum absolute atomic E-state index is 13.9. The molecule has 5 rings (SSSR count). The van der Waals surface area contributed by atoms with Crippen molar-refractivity contribution < 1.29 is 27.9 Å². The SMILES string of the molecule is CCc1c(N2CCN(C(=O)c3c(C#N)cnc(C)c3O)CC2)c(=O)c2nc(C)cnc2n1CC(=O)Nc1ccc(C(F)(F)F)cc1Cl. The van der Waals surface area contributed by atoms with Gasteiger partial charge in [-0.25, -0.2) is 9.97 Å². The number of halogens is 4. The molecule has 16 heteroatoms. The van der Waals surface area contributed by atoms with E-state index in [1.165, 1.54) is 24.2 Å². The molecule has 3 aromatic heterocycles. The number of hydrogen-bond donors (Lipinski definition) is 2. The second kappa shape index (κ2) is 12.9. The van der Waals surface area contributed by atoms with Crippen molar-refractivity contribution in [2.45, 2.75) is 39.9 Å². The van der Waals surface area contributed by atoms with E-state index in [1.54, 1.807) is 23.3 Å². The predicted molar refractivity (Wildman–Crippen MR) is 166 cm³/mol. The topological polar surface area (TPSA) is 157 Å². The first-order chi connectivity index (χ1) is 22.2. The molecule has 2 N–H and O–H groups in total. The van der Waals surface area contributed by atoms with Crippen LogP contribution in [0.25, 0.3) is 11.2 Å². The highest BCUT2D eigenvalue weighted by molar-refractivity contribution is 6.33. The van der Waals surface area contributed by atoms with Crippen LogP contribution in [0.15, 0.2) is 35.4 Å². The summed E-state index contributed by atoms with van der Waals surface area (Å²) in [5.74, 6) is -1.54. The number of rotatable bonds is 6. The van der Waals surface area contributed by atoms with E-state index >= 15 is 0 Å². The lowest BCUT2D eigenvalue weighted by atomic mass is 10.1. The van der Waals surface area contributed by atoms with Crippen molar-refractivity contribution in [1.82, 2.24) is 24.4 Å². The molecule has 47 heavy (non-hydrogen) atoms. The third kappa shape index (κ3) is 6.41. The van der Waals surface area contributed by atoms with Crippen molar-refractivity contribution in [3.63, 3.8) is 0 Å². The van der Waals surface area contributed by atoms with Crippen LogP contribution < -0.4 is 15.6 Å². The molecule has 4 aromatic rings. The van der Waals surface area contributed by atoms with Crippen molar-refractivity contribution >= 4 is 46.0 Å². The number of fused-ring (bicyclic) bond motifs is 1. The van der Waals surface area contributed by atoms with Crippen LogP contribution in [-0.2, 0) is 23.9 Å². The van der Waals surface area contributed by atoms with E-state index in [1.807, 2.05) is 6.07 Å². The molecule has 0 radical (unpaired) electrons. The summed E-state index contributed by atoms with van der Waals surface area (Å²) >= 11 is 6.05. The van der Waals surface area contributed by atoms with Crippen LogP contribution in [0.3, 0.4) is 0 Å². The minimum atomic E-state index is -4.61. The summed E-state index contributed by atoms with van der Waals surface area (Å²) in [5, 5.41) is 22.2. The molecule has 0 spiro atoms. The Kier molecular flexibility index (Phi) is 9.08. The van der Waals surface area contributed by atoms with E-state index in [2.05, 4.69) is 20.3 Å². The fourth-order valence-corrected chi connectivity index (χ4v) is 5.72. The summed E-state index contributed by atoms with van der Waals surface area (Å²) < 4.78 is 40.8. The van der Waals surface area contributed by atoms with Gasteiger partial charge in [0.25, 0.3) is 5.91 Å². The highest BCUT2D eigenvalue weighted by Crippen LogP contribution is 2.34. The van der Waals surface area contributed by atoms with Crippen LogP contribution in [0.4, 0.5) is 24.5 Å². The molecule has 0 bridgehead atoms. The number of benzene rings is 1. The maximum atomic E-state index is 13.9. The third-order valence-electron chi connectivity index (χ3n) is 7.82. The molecule has 2 amide bonds. The summed E-state index contributed by atoms with van der Waals surface area (Å²) in [7, 11) is 0. The number of aryl methyl sites for hydroxylation is 2. The van der Waals surface area contributed by atoms with Gasteiger partial charge < -0.3 is 24.8 Å². The molecular formula is C31H28ClF3N8O4. The zero-order valence-electron chi connectivity index (χ0n) is 25.4. The minimum absolute atomic E-state index is 0.0203. The van der Waals surface area contributed by atoms with Crippen molar-refractivity contribution in [3.8, 4) is 11.8 Å². The molecular weight excluding hydrogens is 641 g/mol. The van der Waals surface area contributed by atoms with E-state index in [4.69, 9.17) is 11.6 Å². The normalized spacial score (nSPS) is 13.5. The molecule has 0 saturated carbocycles. The Morgan fingerprint density at radius 1 is 1.13 bits per heavy atom. The van der Waals surface area contributed by atoms with Crippen molar-refractivity contribution in [3.05, 3.63) is 79.6 Å². The first-order valence-electron chi connectivity index (χ1n) is 14.4. The number of piperazine rings is 1. The summed E-state index contributed by atoms with van der Waals surface area (Å²) in [6.45, 7) is 5.33. The summed E-state index contributed by atoms with van der Waals surface area (Å²) in [6.07, 6.45) is -1.63. The van der Waals surface area contributed by atoms with E-state index in [9.17, 15) is 37.9 Å². The van der Waals surface area contributed by atoms with Crippen LogP contribution in [0.5, 0.6) is 5.75 Å². The van der Waals surface area contributed by atoms with E-state index in [0.717, 1.165) is 18.2 Å². The number of nitriles is 1. The number of pyridine rings is 2. The Morgan fingerprint density at radius 2 is 1.83 bits per heavy atom. The van der Waals surface area contributed by atoms with E-state index in [0.29, 0.717) is 17.8 Å². The lowest BCUT2D eigenvalue weighted by Crippen LogP contribution is -2.50. The van der Waals surface area contributed by atoms with Crippen LogP contribution in [0.1, 0.15) is 45.5 Å². The first kappa shape index (κ1) is 33.1. The van der Waals surface area contributed by atoms with Crippen LogP contribution in [0, 0.1) is 25.2 Å². The van der Waals surface area contributed by atoms with Crippen LogP contribution in [-0.4, -0.2) is 67.5 Å². The molecule has 0 unspecified atom stereocenters. The molecule has 12 nitrogen and oxygen atoms in total. The largest absolute Gasteiger partial charge is 0.505 e. The molecule has 0 atom stereocenters. The van der Waals surface area contributed by atoms with Gasteiger partial charge in [-0.1, -0.05) is 18.5 Å². The predicted octanol–water partition coefficient (Wildman–Crippen LogP) is 4.22. The van der Waals surface area contributed by atoms with Crippen molar-refractivity contribution in [1.29, 1.82) is 5.26 Å². The van der Waals surface area contributed by atoms with Gasteiger partial charge in [-0.3, -0.25) is 19.4 Å². The summed E-state index contributed by atoms with van der Waals surface area (Å²) in [4.78, 5) is 56.6. The second-order valence-corrected chi connectivity index (χ2v) is 11.3. The number of hydrogen-bond acceptors (Lipinski definition) is 9. The van der Waals surface area contributed by atoms with E-state index < -0.39 is 29.0 Å². The molecule has 1 aliphatic rings. The highest BCUT2D eigenvalue weighted by Gasteiger charge is 2.32. The van der Waals surface area contributed by atoms with Gasteiger partial charge >= 0.3 is 6.18 Å². The average Bonchev–Trinajstić information content (AvgIpc) is 3.03. The number of amides is 2. The molecule has 1 saturated heterocycles. The van der Waals surface area contributed by atoms with E-state index in [-0.39, 0.29) is 82.9 Å². The Bertz CT molecular complexity index is 2020. The molecule has 1 aliphatic heterocycles. The van der Waals surface area contributed by atoms with Gasteiger partial charge in [0.05, 0.1) is 39.4 Å². The van der Waals surface area contributed by atoms with Gasteiger partial charge in [0.15, 0.2) is 16.9 Å². The number of carbonyl (C=O) groups excluding carboxylic acids is 2. The van der Waals surface area contributed by atoms with Gasteiger partial charge in [-0.2, -0.15) is 18.4 Å². The fraction of sp³-hybridized carbons (Fsp3) is 0.323. The first-order valence-corrected chi connectivity index (χ1v) is 14.8. The zero-order chi connectivity index (χ0) is 34.2. The maximum Gasteiger partial charge on any atom is 0.416 e. The monoisotopic (exact) mass is 668 g/mol. The Balaban J connectivity index is 1.47. The molecule has 1 fully saturated rings. The van der Waals surface area contributed by atoms with Crippen molar-refractivity contribution in [2.24, 2.45) is 0 Å². The Morgan fingerprint density at radius 3 is 2.45 bits per heavy atom. The average molecular weight is 669 g/mol. The number of aromatic hydroxyl groups is 1. The zero-order valence-corrected chi connectivity index (χ0v) is 26.2. The number of anilines is 2.